The van der Waals surface area contributed by atoms with E-state index in [1.165, 1.54) is 32.3 Å². The molecule has 0 aromatic rings. The van der Waals surface area contributed by atoms with Gasteiger partial charge in [0.05, 0.1) is 18.5 Å². The number of aldehydes is 1. The van der Waals surface area contributed by atoms with Crippen LogP contribution < -0.4 is 5.32 Å². The number of halogens is 1. The van der Waals surface area contributed by atoms with Gasteiger partial charge in [0, 0.05) is 17.8 Å². The maximum absolute atomic E-state index is 12.7. The van der Waals surface area contributed by atoms with E-state index in [0.717, 1.165) is 0 Å². The van der Waals surface area contributed by atoms with Crippen molar-refractivity contribution in [2.75, 3.05) is 13.7 Å². The first-order valence-electron chi connectivity index (χ1n) is 6.58. The summed E-state index contributed by atoms with van der Waals surface area (Å²) in [7, 11) is 1.25. The van der Waals surface area contributed by atoms with E-state index >= 15 is 0 Å². The minimum atomic E-state index is -0.600. The molecule has 0 saturated carbocycles. The van der Waals surface area contributed by atoms with Crippen molar-refractivity contribution in [1.82, 2.24) is 5.32 Å². The van der Waals surface area contributed by atoms with E-state index in [1.54, 1.807) is 13.8 Å². The molecule has 0 atom stereocenters. The average molecular weight is 295 g/mol. The van der Waals surface area contributed by atoms with Gasteiger partial charge in [-0.15, -0.1) is 0 Å². The quantitative estimate of drug-likeness (QED) is 0.339. The van der Waals surface area contributed by atoms with Crippen LogP contribution in [0.25, 0.3) is 0 Å². The molecule has 0 fully saturated rings. The van der Waals surface area contributed by atoms with Crippen LogP contribution in [0.15, 0.2) is 46.5 Å². The summed E-state index contributed by atoms with van der Waals surface area (Å²) in [5, 5.41) is 2.99. The van der Waals surface area contributed by atoms with Gasteiger partial charge in [-0.25, -0.2) is 9.18 Å². The number of nitrogens with one attached hydrogen (secondary N) is 1. The van der Waals surface area contributed by atoms with Crippen LogP contribution in [0.2, 0.25) is 0 Å². The maximum atomic E-state index is 12.7. The number of esters is 1. The number of methoxy groups -OCH3 is 1. The zero-order valence-electron chi connectivity index (χ0n) is 13.1. The van der Waals surface area contributed by atoms with Crippen molar-refractivity contribution in [1.29, 1.82) is 0 Å². The van der Waals surface area contributed by atoms with Crippen molar-refractivity contribution in [3.05, 3.63) is 46.5 Å². The number of hydrogen-bond donors (Lipinski definition) is 1. The number of allylic oxidation sites excluding steroid dienone is 6. The molecule has 0 unspecified atom stereocenters. The predicted octanol–water partition coefficient (Wildman–Crippen LogP) is 2.99. The molecule has 0 saturated heterocycles. The number of carbonyl (C=O) groups excluding carboxylic acids is 2. The van der Waals surface area contributed by atoms with E-state index in [9.17, 15) is 14.0 Å². The molecule has 0 bridgehead atoms. The van der Waals surface area contributed by atoms with Crippen LogP contribution in [0.5, 0.6) is 0 Å². The zero-order chi connectivity index (χ0) is 16.4. The van der Waals surface area contributed by atoms with Gasteiger partial charge in [-0.05, 0) is 39.8 Å². The van der Waals surface area contributed by atoms with Crippen LogP contribution in [0.4, 0.5) is 4.39 Å². The molecule has 0 heterocycles. The zero-order valence-corrected chi connectivity index (χ0v) is 13.1. The average Bonchev–Trinajstić information content (AvgIpc) is 2.44. The van der Waals surface area contributed by atoms with Crippen molar-refractivity contribution in [3.8, 4) is 0 Å². The summed E-state index contributed by atoms with van der Waals surface area (Å²) >= 11 is 0. The third-order valence-corrected chi connectivity index (χ3v) is 2.58. The Bertz CT molecular complexity index is 510. The molecule has 0 spiro atoms. The van der Waals surface area contributed by atoms with Crippen molar-refractivity contribution in [3.63, 3.8) is 0 Å². The van der Waals surface area contributed by atoms with E-state index in [1.807, 2.05) is 6.92 Å². The van der Waals surface area contributed by atoms with E-state index < -0.39 is 5.97 Å². The fraction of sp³-hybridized carbons (Fsp3) is 0.375. The first-order chi connectivity index (χ1) is 9.87. The summed E-state index contributed by atoms with van der Waals surface area (Å²) in [5.41, 5.74) is 1.54. The first-order valence-corrected chi connectivity index (χ1v) is 6.58. The molecule has 5 heteroatoms. The molecular formula is C16H22FNO3. The molecule has 0 rings (SSSR count). The minimum Gasteiger partial charge on any atom is -0.465 e. The van der Waals surface area contributed by atoms with Gasteiger partial charge in [-0.1, -0.05) is 11.6 Å². The summed E-state index contributed by atoms with van der Waals surface area (Å²) in [4.78, 5) is 23.2. The Morgan fingerprint density at radius 3 is 2.29 bits per heavy atom. The summed E-state index contributed by atoms with van der Waals surface area (Å²) < 4.78 is 17.4. The molecule has 0 aromatic heterocycles. The van der Waals surface area contributed by atoms with Gasteiger partial charge >= 0.3 is 5.97 Å². The second kappa shape index (κ2) is 9.69. The molecule has 1 N–H and O–H groups in total. The number of hydrogen-bond acceptors (Lipinski definition) is 4. The molecule has 0 aliphatic carbocycles. The molecule has 0 aromatic carbocycles. The lowest BCUT2D eigenvalue weighted by Crippen LogP contribution is -2.19. The van der Waals surface area contributed by atoms with Gasteiger partial charge in [0.15, 0.2) is 6.29 Å². The predicted molar refractivity (Wildman–Crippen MR) is 81.2 cm³/mol. The largest absolute Gasteiger partial charge is 0.465 e. The lowest BCUT2D eigenvalue weighted by Gasteiger charge is -2.11. The lowest BCUT2D eigenvalue weighted by molar-refractivity contribution is -0.136. The Balaban J connectivity index is 5.79. The van der Waals surface area contributed by atoms with Crippen LogP contribution in [-0.2, 0) is 14.3 Å². The highest BCUT2D eigenvalue weighted by Gasteiger charge is 2.18. The van der Waals surface area contributed by atoms with Crippen LogP contribution in [0, 0.1) is 0 Å². The SMILES string of the molecule is CCN\C(C)=C(C(=O)OC)/C(C=O)=C/C(C)=C/C=C(\C)F. The third-order valence-electron chi connectivity index (χ3n) is 2.58. The third kappa shape index (κ3) is 6.70. The highest BCUT2D eigenvalue weighted by atomic mass is 19.1. The standard InChI is InChI=1S/C16H22FNO3/c1-6-18-13(4)15(16(20)21-5)14(10-19)9-11(2)7-8-12(3)17/h7-10,18H,6H2,1-5H3/b11-7+,12-8+,14-9+,15-13+. The monoisotopic (exact) mass is 295 g/mol. The highest BCUT2D eigenvalue weighted by molar-refractivity contribution is 6.02. The summed E-state index contributed by atoms with van der Waals surface area (Å²) in [6.07, 6.45) is 4.90. The van der Waals surface area contributed by atoms with Gasteiger partial charge in [-0.2, -0.15) is 0 Å². The van der Waals surface area contributed by atoms with E-state index in [0.29, 0.717) is 24.1 Å². The fourth-order valence-corrected chi connectivity index (χ4v) is 1.65. The van der Waals surface area contributed by atoms with E-state index in [2.05, 4.69) is 5.32 Å². The fourth-order valence-electron chi connectivity index (χ4n) is 1.65. The van der Waals surface area contributed by atoms with Crippen LogP contribution in [-0.4, -0.2) is 25.9 Å². The summed E-state index contributed by atoms with van der Waals surface area (Å²) in [6, 6.07) is 0. The summed E-state index contributed by atoms with van der Waals surface area (Å²) in [5.74, 6) is -0.945. The van der Waals surface area contributed by atoms with Crippen molar-refractivity contribution < 1.29 is 18.7 Å². The van der Waals surface area contributed by atoms with Crippen LogP contribution >= 0.6 is 0 Å². The smallest absolute Gasteiger partial charge is 0.340 e. The molecule has 4 nitrogen and oxygen atoms in total. The molecule has 0 radical (unpaired) electrons. The lowest BCUT2D eigenvalue weighted by atomic mass is 10.0. The van der Waals surface area contributed by atoms with Crippen molar-refractivity contribution in [2.45, 2.75) is 27.7 Å². The molecule has 21 heavy (non-hydrogen) atoms. The Morgan fingerprint density at radius 2 is 1.86 bits per heavy atom. The van der Waals surface area contributed by atoms with E-state index in [-0.39, 0.29) is 17.0 Å². The van der Waals surface area contributed by atoms with Crippen molar-refractivity contribution in [2.24, 2.45) is 0 Å². The van der Waals surface area contributed by atoms with Crippen molar-refractivity contribution >= 4 is 12.3 Å². The second-order valence-corrected chi connectivity index (χ2v) is 4.40. The Kier molecular flexibility index (Phi) is 8.69. The van der Waals surface area contributed by atoms with Gasteiger partial charge in [0.25, 0.3) is 0 Å². The Morgan fingerprint density at radius 1 is 1.24 bits per heavy atom. The second-order valence-electron chi connectivity index (χ2n) is 4.40. The first kappa shape index (κ1) is 18.8. The topological polar surface area (TPSA) is 55.4 Å². The van der Waals surface area contributed by atoms with Gasteiger partial charge < -0.3 is 10.1 Å². The Labute approximate surface area is 125 Å². The summed E-state index contributed by atoms with van der Waals surface area (Å²) in [6.45, 7) is 7.21. The van der Waals surface area contributed by atoms with Gasteiger partial charge in [0.2, 0.25) is 0 Å². The minimum absolute atomic E-state index is 0.169. The Hall–Kier alpha value is -2.17. The number of rotatable bonds is 7. The normalized spacial score (nSPS) is 14.5. The molecule has 116 valence electrons. The molecular weight excluding hydrogens is 273 g/mol. The molecule has 0 amide bonds. The number of ether oxygens (including phenoxy) is 1. The van der Waals surface area contributed by atoms with Crippen LogP contribution in [0.3, 0.4) is 0 Å². The maximum Gasteiger partial charge on any atom is 0.340 e. The van der Waals surface area contributed by atoms with Crippen LogP contribution in [0.1, 0.15) is 27.7 Å². The molecule has 0 aliphatic rings. The number of carbonyl (C=O) groups is 2. The van der Waals surface area contributed by atoms with Gasteiger partial charge in [0.1, 0.15) is 0 Å². The van der Waals surface area contributed by atoms with Gasteiger partial charge in [-0.3, -0.25) is 4.79 Å². The highest BCUT2D eigenvalue weighted by Crippen LogP contribution is 2.16. The molecule has 0 aliphatic heterocycles. The van der Waals surface area contributed by atoms with E-state index in [4.69, 9.17) is 4.74 Å².